The third kappa shape index (κ3) is 7.16. The number of hydrogen-bond donors (Lipinski definition) is 2. The van der Waals surface area contributed by atoms with Crippen molar-refractivity contribution in [3.63, 3.8) is 0 Å². The molecule has 1 aliphatic rings. The molecule has 0 aromatic heterocycles. The first-order chi connectivity index (χ1) is 19.5. The predicted molar refractivity (Wildman–Crippen MR) is 156 cm³/mol. The van der Waals surface area contributed by atoms with Gasteiger partial charge in [0.05, 0.1) is 17.5 Å². The van der Waals surface area contributed by atoms with Gasteiger partial charge in [0.2, 0.25) is 9.84 Å². The van der Waals surface area contributed by atoms with Crippen molar-refractivity contribution in [2.75, 3.05) is 13.2 Å². The van der Waals surface area contributed by atoms with E-state index in [1.165, 1.54) is 24.3 Å². The molecule has 0 aliphatic heterocycles. The highest BCUT2D eigenvalue weighted by Gasteiger charge is 2.51. The zero-order valence-electron chi connectivity index (χ0n) is 22.0. The summed E-state index contributed by atoms with van der Waals surface area (Å²) in [6.45, 7) is 2.33. The lowest BCUT2D eigenvalue weighted by Gasteiger charge is -2.34. The van der Waals surface area contributed by atoms with Crippen LogP contribution in [0.15, 0.2) is 102 Å². The van der Waals surface area contributed by atoms with E-state index in [1.807, 2.05) is 0 Å². The van der Waals surface area contributed by atoms with Crippen LogP contribution in [0.2, 0.25) is 10.0 Å². The highest BCUT2D eigenvalue weighted by atomic mass is 35.5. The molecule has 0 heterocycles. The van der Waals surface area contributed by atoms with Gasteiger partial charge in [-0.3, -0.25) is 10.1 Å². The number of nitrogens with one attached hydrogen (secondary N) is 2. The number of carbonyl (C=O) groups excluding carboxylic acids is 1. The Morgan fingerprint density at radius 2 is 1.66 bits per heavy atom. The van der Waals surface area contributed by atoms with Gasteiger partial charge >= 0.3 is 0 Å². The van der Waals surface area contributed by atoms with Crippen molar-refractivity contribution >= 4 is 38.9 Å². The second-order valence-electron chi connectivity index (χ2n) is 9.41. The van der Waals surface area contributed by atoms with E-state index < -0.39 is 32.7 Å². The second-order valence-corrected chi connectivity index (χ2v) is 12.4. The van der Waals surface area contributed by atoms with Crippen LogP contribution in [-0.4, -0.2) is 38.5 Å². The van der Waals surface area contributed by atoms with Crippen LogP contribution in [0.4, 0.5) is 8.78 Å². The van der Waals surface area contributed by atoms with Crippen LogP contribution < -0.4 is 15.4 Å². The van der Waals surface area contributed by atoms with Crippen LogP contribution in [0.5, 0.6) is 5.75 Å². The Labute approximate surface area is 247 Å². The quantitative estimate of drug-likeness (QED) is 0.231. The molecule has 6 nitrogen and oxygen atoms in total. The summed E-state index contributed by atoms with van der Waals surface area (Å²) in [5.74, 6) is -0.512. The zero-order valence-corrected chi connectivity index (χ0v) is 24.3. The number of sulfone groups is 1. The molecule has 0 saturated heterocycles. The molecular formula is C30H28Cl2F2N2O4S. The number of alkyl halides is 1. The molecule has 0 saturated carbocycles. The molecule has 0 spiro atoms. The minimum Gasteiger partial charge on any atom is -0.493 e. The molecule has 3 aromatic carbocycles. The van der Waals surface area contributed by atoms with Crippen LogP contribution >= 0.6 is 23.2 Å². The Balaban J connectivity index is 1.42. The minimum absolute atomic E-state index is 0.232. The Morgan fingerprint density at radius 3 is 2.34 bits per heavy atom. The van der Waals surface area contributed by atoms with E-state index in [0.717, 1.165) is 18.2 Å². The third-order valence-corrected chi connectivity index (χ3v) is 9.15. The van der Waals surface area contributed by atoms with Crippen molar-refractivity contribution in [3.8, 4) is 5.75 Å². The van der Waals surface area contributed by atoms with Crippen molar-refractivity contribution in [2.45, 2.75) is 35.3 Å². The maximum Gasteiger partial charge on any atom is 0.252 e. The number of halogens is 4. The molecule has 3 atom stereocenters. The smallest absolute Gasteiger partial charge is 0.252 e. The predicted octanol–water partition coefficient (Wildman–Crippen LogP) is 6.77. The first-order valence-corrected chi connectivity index (χ1v) is 15.0. The average Bonchev–Trinajstić information content (AvgIpc) is 2.95. The monoisotopic (exact) mass is 620 g/mol. The number of hydrogen-bond acceptors (Lipinski definition) is 5. The van der Waals surface area contributed by atoms with Gasteiger partial charge in [-0.15, -0.1) is 0 Å². The Morgan fingerprint density at radius 1 is 1.02 bits per heavy atom. The first-order valence-electron chi connectivity index (χ1n) is 12.8. The molecule has 3 unspecified atom stereocenters. The number of allylic oxidation sites excluding steroid dienone is 2. The minimum atomic E-state index is -4.60. The first kappa shape index (κ1) is 30.7. The summed E-state index contributed by atoms with van der Waals surface area (Å²) in [6.07, 6.45) is 2.94. The van der Waals surface area contributed by atoms with Crippen LogP contribution in [0.1, 0.15) is 35.3 Å². The maximum atomic E-state index is 16.4. The molecule has 41 heavy (non-hydrogen) atoms. The van der Waals surface area contributed by atoms with E-state index >= 15 is 4.39 Å². The summed E-state index contributed by atoms with van der Waals surface area (Å²) < 4.78 is 63.3. The highest BCUT2D eigenvalue weighted by Crippen LogP contribution is 2.38. The number of carbonyl (C=O) groups is 1. The van der Waals surface area contributed by atoms with Crippen molar-refractivity contribution < 1.29 is 26.7 Å². The van der Waals surface area contributed by atoms with Gasteiger partial charge in [-0.2, -0.15) is 0 Å². The normalized spacial score (nSPS) is 19.3. The number of amides is 1. The van der Waals surface area contributed by atoms with Gasteiger partial charge in [0.25, 0.3) is 10.9 Å². The van der Waals surface area contributed by atoms with Crippen LogP contribution in [0, 0.1) is 0 Å². The molecule has 0 radical (unpaired) electrons. The van der Waals surface area contributed by atoms with Crippen LogP contribution in [0.3, 0.4) is 0 Å². The van der Waals surface area contributed by atoms with E-state index in [-0.39, 0.29) is 17.4 Å². The van der Waals surface area contributed by atoms with Gasteiger partial charge < -0.3 is 10.1 Å². The van der Waals surface area contributed by atoms with Gasteiger partial charge in [-0.05, 0) is 86.2 Å². The molecule has 4 rings (SSSR count). The van der Waals surface area contributed by atoms with E-state index in [0.29, 0.717) is 39.9 Å². The molecule has 2 N–H and O–H groups in total. The highest BCUT2D eigenvalue weighted by molar-refractivity contribution is 7.93. The summed E-state index contributed by atoms with van der Waals surface area (Å²) >= 11 is 11.7. The summed E-state index contributed by atoms with van der Waals surface area (Å²) in [5.41, 5.74) is 1.11. The van der Waals surface area contributed by atoms with Gasteiger partial charge in [0.1, 0.15) is 11.6 Å². The van der Waals surface area contributed by atoms with Gasteiger partial charge in [-0.25, -0.2) is 17.2 Å². The van der Waals surface area contributed by atoms with E-state index in [4.69, 9.17) is 27.9 Å². The second kappa shape index (κ2) is 13.2. The van der Waals surface area contributed by atoms with Crippen LogP contribution in [-0.2, 0) is 9.84 Å². The van der Waals surface area contributed by atoms with E-state index in [9.17, 15) is 17.6 Å². The number of ether oxygens (including phenoxy) is 1. The Kier molecular flexibility index (Phi) is 9.86. The number of rotatable bonds is 11. The Hall–Kier alpha value is -3.24. The molecule has 3 aromatic rings. The molecule has 1 aliphatic carbocycles. The topological polar surface area (TPSA) is 84.5 Å². The standard InChI is InChI=1S/C30H28Cl2F2N2O4S/c1-20(36-28-19-24(33)15-16-30(28,34)41(38,39)25-13-11-23(32)12-14-25)26-5-2-3-6-27(26)40-18-4-17-35-29(37)21-7-9-22(31)10-8-21/h2-3,5-16,19-20,28,36H,4,17-18H2,1H3,(H,35,37). The Bertz CT molecular complexity index is 1550. The average molecular weight is 622 g/mol. The van der Waals surface area contributed by atoms with Crippen molar-refractivity contribution in [1.29, 1.82) is 0 Å². The van der Waals surface area contributed by atoms with Crippen molar-refractivity contribution in [2.24, 2.45) is 0 Å². The number of para-hydroxylation sites is 1. The van der Waals surface area contributed by atoms with Crippen molar-refractivity contribution in [3.05, 3.63) is 118 Å². The largest absolute Gasteiger partial charge is 0.493 e. The van der Waals surface area contributed by atoms with E-state index in [1.54, 1.807) is 55.5 Å². The summed E-state index contributed by atoms with van der Waals surface area (Å²) in [6, 6.07) is 16.5. The lowest BCUT2D eigenvalue weighted by molar-refractivity contribution is 0.0951. The van der Waals surface area contributed by atoms with Crippen LogP contribution in [0.25, 0.3) is 0 Å². The molecule has 1 amide bonds. The van der Waals surface area contributed by atoms with Crippen molar-refractivity contribution in [1.82, 2.24) is 10.6 Å². The fourth-order valence-corrected chi connectivity index (χ4v) is 6.15. The number of benzene rings is 3. The fourth-order valence-electron chi connectivity index (χ4n) is 4.33. The van der Waals surface area contributed by atoms with Gasteiger partial charge in [0, 0.05) is 33.8 Å². The van der Waals surface area contributed by atoms with Gasteiger partial charge in [0.15, 0.2) is 0 Å². The lowest BCUT2D eigenvalue weighted by atomic mass is 10.0. The third-order valence-electron chi connectivity index (χ3n) is 6.54. The summed E-state index contributed by atoms with van der Waals surface area (Å²) in [5, 5.41) is 3.61. The lowest BCUT2D eigenvalue weighted by Crippen LogP contribution is -2.52. The van der Waals surface area contributed by atoms with Gasteiger partial charge in [-0.1, -0.05) is 41.4 Å². The molecule has 0 bridgehead atoms. The summed E-state index contributed by atoms with van der Waals surface area (Å²) in [7, 11) is -4.60. The molecule has 0 fully saturated rings. The molecular weight excluding hydrogens is 593 g/mol. The molecule has 216 valence electrons. The molecule has 11 heteroatoms. The van der Waals surface area contributed by atoms with E-state index in [2.05, 4.69) is 10.6 Å². The zero-order chi connectivity index (χ0) is 29.6. The summed E-state index contributed by atoms with van der Waals surface area (Å²) in [4.78, 5) is 12.0. The fraction of sp³-hybridized carbons (Fsp3) is 0.233. The maximum absolute atomic E-state index is 16.4. The SMILES string of the molecule is CC(NC1C=C(F)C=CC1(F)S(=O)(=O)c1ccc(Cl)cc1)c1ccccc1OCCCNC(=O)c1ccc(Cl)cc1.